The van der Waals surface area contributed by atoms with E-state index in [4.69, 9.17) is 10.2 Å². The van der Waals surface area contributed by atoms with Crippen LogP contribution in [0.1, 0.15) is 26.2 Å². The van der Waals surface area contributed by atoms with E-state index in [-0.39, 0.29) is 5.76 Å². The zero-order valence-electron chi connectivity index (χ0n) is 6.25. The van der Waals surface area contributed by atoms with Gasteiger partial charge in [-0.05, 0) is 18.9 Å². The second-order valence-corrected chi connectivity index (χ2v) is 2.09. The lowest BCUT2D eigenvalue weighted by molar-refractivity contribution is 0.417. The van der Waals surface area contributed by atoms with E-state index in [9.17, 15) is 0 Å². The van der Waals surface area contributed by atoms with Crippen LogP contribution in [-0.2, 0) is 0 Å². The van der Waals surface area contributed by atoms with E-state index in [0.717, 1.165) is 25.5 Å². The van der Waals surface area contributed by atoms with Gasteiger partial charge in [-0.3, -0.25) is 0 Å². The minimum atomic E-state index is 0.135. The van der Waals surface area contributed by atoms with Gasteiger partial charge in [-0.1, -0.05) is 13.3 Å². The molecule has 0 atom stereocenters. The number of hydrogen-bond donors (Lipinski definition) is 2. The molecule has 0 aromatic heterocycles. The zero-order valence-corrected chi connectivity index (χ0v) is 6.25. The molecule has 0 fully saturated rings. The monoisotopic (exact) mass is 142 g/mol. The molecule has 0 aliphatic heterocycles. The number of aliphatic hydroxyl groups excluding tert-OH is 2. The Balaban J connectivity index is 3.47. The van der Waals surface area contributed by atoms with Crippen LogP contribution in [0, 0.1) is 0 Å². The van der Waals surface area contributed by atoms with Gasteiger partial charge in [0, 0.05) is 6.08 Å². The summed E-state index contributed by atoms with van der Waals surface area (Å²) in [6.07, 6.45) is 6.84. The molecule has 0 unspecified atom stereocenters. The van der Waals surface area contributed by atoms with Gasteiger partial charge >= 0.3 is 0 Å². The van der Waals surface area contributed by atoms with Crippen molar-refractivity contribution in [3.05, 3.63) is 24.2 Å². The summed E-state index contributed by atoms with van der Waals surface area (Å²) in [5, 5.41) is 17.1. The quantitative estimate of drug-likeness (QED) is 0.360. The first kappa shape index (κ1) is 9.08. The van der Waals surface area contributed by atoms with Crippen LogP contribution in [0.15, 0.2) is 24.2 Å². The van der Waals surface area contributed by atoms with Crippen LogP contribution in [0.25, 0.3) is 0 Å². The lowest BCUT2D eigenvalue weighted by atomic mass is 10.2. The van der Waals surface area contributed by atoms with E-state index in [1.807, 2.05) is 0 Å². The van der Waals surface area contributed by atoms with Gasteiger partial charge in [0.05, 0.1) is 6.26 Å². The van der Waals surface area contributed by atoms with Crippen molar-refractivity contribution in [1.29, 1.82) is 0 Å². The van der Waals surface area contributed by atoms with Crippen LogP contribution in [0.2, 0.25) is 0 Å². The predicted molar refractivity (Wildman–Crippen MR) is 42.0 cm³/mol. The Bertz CT molecular complexity index is 125. The van der Waals surface area contributed by atoms with Crippen LogP contribution in [0.3, 0.4) is 0 Å². The minimum absolute atomic E-state index is 0.135. The Morgan fingerprint density at radius 3 is 2.70 bits per heavy atom. The van der Waals surface area contributed by atoms with Gasteiger partial charge < -0.3 is 10.2 Å². The summed E-state index contributed by atoms with van der Waals surface area (Å²) < 4.78 is 0. The van der Waals surface area contributed by atoms with Crippen molar-refractivity contribution in [2.75, 3.05) is 0 Å². The highest BCUT2D eigenvalue weighted by Gasteiger charge is 1.83. The van der Waals surface area contributed by atoms with Crippen LogP contribution in [0.5, 0.6) is 0 Å². The average molecular weight is 142 g/mol. The lowest BCUT2D eigenvalue weighted by Gasteiger charge is -1.90. The summed E-state index contributed by atoms with van der Waals surface area (Å²) in [7, 11) is 0. The third kappa shape index (κ3) is 5.22. The van der Waals surface area contributed by atoms with Crippen molar-refractivity contribution < 1.29 is 10.2 Å². The largest absolute Gasteiger partial charge is 0.515 e. The SMILES string of the molecule is CCCCC=C(O)C=CO. The van der Waals surface area contributed by atoms with E-state index in [2.05, 4.69) is 6.92 Å². The number of unbranched alkanes of at least 4 members (excludes halogenated alkanes) is 2. The fourth-order valence-electron chi connectivity index (χ4n) is 0.598. The maximum Gasteiger partial charge on any atom is 0.114 e. The average Bonchev–Trinajstić information content (AvgIpc) is 1.89. The molecule has 0 heterocycles. The Hall–Kier alpha value is -0.920. The molecule has 0 saturated carbocycles. The van der Waals surface area contributed by atoms with Crippen molar-refractivity contribution in [1.82, 2.24) is 0 Å². The second kappa shape index (κ2) is 6.20. The molecule has 10 heavy (non-hydrogen) atoms. The smallest absolute Gasteiger partial charge is 0.114 e. The number of rotatable bonds is 4. The molecule has 0 amide bonds. The Labute approximate surface area is 61.5 Å². The van der Waals surface area contributed by atoms with Crippen LogP contribution in [0.4, 0.5) is 0 Å². The maximum absolute atomic E-state index is 8.89. The van der Waals surface area contributed by atoms with Gasteiger partial charge in [0.25, 0.3) is 0 Å². The third-order valence-corrected chi connectivity index (χ3v) is 1.16. The van der Waals surface area contributed by atoms with Crippen LogP contribution >= 0.6 is 0 Å². The lowest BCUT2D eigenvalue weighted by Crippen LogP contribution is -1.74. The molecule has 0 bridgehead atoms. The Kier molecular flexibility index (Phi) is 5.63. The molecular formula is C8H14O2. The van der Waals surface area contributed by atoms with Crippen LogP contribution in [-0.4, -0.2) is 10.2 Å². The minimum Gasteiger partial charge on any atom is -0.515 e. The maximum atomic E-state index is 8.89. The highest BCUT2D eigenvalue weighted by Crippen LogP contribution is 1.99. The van der Waals surface area contributed by atoms with E-state index in [1.54, 1.807) is 6.08 Å². The summed E-state index contributed by atoms with van der Waals surface area (Å²) in [5.74, 6) is 0.135. The highest BCUT2D eigenvalue weighted by molar-refractivity contribution is 5.07. The van der Waals surface area contributed by atoms with Gasteiger partial charge in [0.2, 0.25) is 0 Å². The third-order valence-electron chi connectivity index (χ3n) is 1.16. The summed E-state index contributed by atoms with van der Waals surface area (Å²) in [6, 6.07) is 0. The Morgan fingerprint density at radius 2 is 2.20 bits per heavy atom. The first-order chi connectivity index (χ1) is 4.81. The fraction of sp³-hybridized carbons (Fsp3) is 0.500. The topological polar surface area (TPSA) is 40.5 Å². The van der Waals surface area contributed by atoms with E-state index >= 15 is 0 Å². The van der Waals surface area contributed by atoms with Gasteiger partial charge in [-0.15, -0.1) is 0 Å². The normalized spacial score (nSPS) is 12.7. The first-order valence-corrected chi connectivity index (χ1v) is 3.51. The molecule has 58 valence electrons. The molecule has 0 rings (SSSR count). The highest BCUT2D eigenvalue weighted by atomic mass is 16.3. The Morgan fingerprint density at radius 1 is 1.50 bits per heavy atom. The molecule has 0 aromatic rings. The summed E-state index contributed by atoms with van der Waals surface area (Å²) >= 11 is 0. The molecular weight excluding hydrogens is 128 g/mol. The molecule has 2 heteroatoms. The molecule has 0 aromatic carbocycles. The fourth-order valence-corrected chi connectivity index (χ4v) is 0.598. The summed E-state index contributed by atoms with van der Waals surface area (Å²) in [4.78, 5) is 0. The standard InChI is InChI=1S/C8H14O2/c1-2-3-4-5-8(10)6-7-9/h5-7,9-10H,2-4H2,1H3. The first-order valence-electron chi connectivity index (χ1n) is 3.51. The molecule has 0 radical (unpaired) electrons. The molecule has 0 saturated heterocycles. The summed E-state index contributed by atoms with van der Waals surface area (Å²) in [5.41, 5.74) is 0. The molecule has 0 spiro atoms. The van der Waals surface area contributed by atoms with Crippen LogP contribution < -0.4 is 0 Å². The van der Waals surface area contributed by atoms with Crippen molar-refractivity contribution in [3.8, 4) is 0 Å². The second-order valence-electron chi connectivity index (χ2n) is 2.09. The molecule has 2 N–H and O–H groups in total. The van der Waals surface area contributed by atoms with E-state index in [1.165, 1.54) is 6.08 Å². The van der Waals surface area contributed by atoms with E-state index in [0.29, 0.717) is 0 Å². The van der Waals surface area contributed by atoms with Crippen molar-refractivity contribution in [2.45, 2.75) is 26.2 Å². The predicted octanol–water partition coefficient (Wildman–Crippen LogP) is 2.69. The molecule has 2 nitrogen and oxygen atoms in total. The van der Waals surface area contributed by atoms with E-state index < -0.39 is 0 Å². The molecule has 0 aliphatic carbocycles. The molecule has 0 aliphatic rings. The van der Waals surface area contributed by atoms with Crippen molar-refractivity contribution >= 4 is 0 Å². The van der Waals surface area contributed by atoms with Crippen molar-refractivity contribution in [2.24, 2.45) is 0 Å². The zero-order chi connectivity index (χ0) is 7.82. The van der Waals surface area contributed by atoms with Gasteiger partial charge in [0.1, 0.15) is 5.76 Å². The van der Waals surface area contributed by atoms with Gasteiger partial charge in [-0.2, -0.15) is 0 Å². The van der Waals surface area contributed by atoms with Crippen molar-refractivity contribution in [3.63, 3.8) is 0 Å². The van der Waals surface area contributed by atoms with Gasteiger partial charge in [-0.25, -0.2) is 0 Å². The number of aliphatic hydroxyl groups is 2. The van der Waals surface area contributed by atoms with Gasteiger partial charge in [0.15, 0.2) is 0 Å². The number of hydrogen-bond acceptors (Lipinski definition) is 2. The summed E-state index contributed by atoms with van der Waals surface area (Å²) in [6.45, 7) is 2.09. The number of allylic oxidation sites excluding steroid dienone is 2.